The quantitative estimate of drug-likeness (QED) is 0.749. The van der Waals surface area contributed by atoms with E-state index in [1.165, 1.54) is 22.2 Å². The number of nitrogens with zero attached hydrogens (tertiary/aromatic N) is 3. The van der Waals surface area contributed by atoms with Gasteiger partial charge < -0.3 is 4.90 Å². The SMILES string of the molecule is Cc1sc2ncn(CCC(=O)N(C3CC3)C3CCS(=O)(=O)C3)c(=O)c2c1C. The maximum atomic E-state index is 12.8. The molecule has 1 aliphatic heterocycles. The first-order valence-corrected chi connectivity index (χ1v) is 11.9. The summed E-state index contributed by atoms with van der Waals surface area (Å²) in [6.45, 7) is 4.15. The average molecular weight is 410 g/mol. The van der Waals surface area contributed by atoms with E-state index < -0.39 is 9.84 Å². The van der Waals surface area contributed by atoms with E-state index in [9.17, 15) is 18.0 Å². The van der Waals surface area contributed by atoms with Gasteiger partial charge in [0, 0.05) is 29.9 Å². The largest absolute Gasteiger partial charge is 0.336 e. The highest BCUT2D eigenvalue weighted by Gasteiger charge is 2.41. The van der Waals surface area contributed by atoms with Gasteiger partial charge in [-0.1, -0.05) is 0 Å². The number of amides is 1. The van der Waals surface area contributed by atoms with Crippen molar-refractivity contribution in [2.24, 2.45) is 0 Å². The van der Waals surface area contributed by atoms with Gasteiger partial charge in [0.15, 0.2) is 9.84 Å². The number of hydrogen-bond acceptors (Lipinski definition) is 6. The molecule has 0 spiro atoms. The van der Waals surface area contributed by atoms with Crippen LogP contribution in [0.4, 0.5) is 0 Å². The van der Waals surface area contributed by atoms with Crippen molar-refractivity contribution in [3.8, 4) is 0 Å². The number of rotatable bonds is 5. The molecule has 1 amide bonds. The van der Waals surface area contributed by atoms with Crippen LogP contribution in [0.15, 0.2) is 11.1 Å². The summed E-state index contributed by atoms with van der Waals surface area (Å²) in [5.41, 5.74) is 0.833. The summed E-state index contributed by atoms with van der Waals surface area (Å²) in [6.07, 6.45) is 4.08. The van der Waals surface area contributed by atoms with E-state index in [2.05, 4.69) is 4.98 Å². The molecule has 1 unspecified atom stereocenters. The van der Waals surface area contributed by atoms with Crippen molar-refractivity contribution in [3.63, 3.8) is 0 Å². The van der Waals surface area contributed by atoms with E-state index >= 15 is 0 Å². The number of aryl methyl sites for hydroxylation is 3. The molecule has 4 rings (SSSR count). The minimum absolute atomic E-state index is 0.0650. The van der Waals surface area contributed by atoms with Crippen LogP contribution >= 0.6 is 11.3 Å². The number of fused-ring (bicyclic) bond motifs is 1. The van der Waals surface area contributed by atoms with Crippen LogP contribution < -0.4 is 5.56 Å². The molecule has 1 aliphatic carbocycles. The van der Waals surface area contributed by atoms with Gasteiger partial charge in [0.2, 0.25) is 5.91 Å². The van der Waals surface area contributed by atoms with E-state index in [-0.39, 0.29) is 48.0 Å². The van der Waals surface area contributed by atoms with Gasteiger partial charge in [-0.3, -0.25) is 14.2 Å². The lowest BCUT2D eigenvalue weighted by Crippen LogP contribution is -2.43. The zero-order valence-electron chi connectivity index (χ0n) is 15.5. The van der Waals surface area contributed by atoms with Crippen molar-refractivity contribution in [1.29, 1.82) is 0 Å². The summed E-state index contributed by atoms with van der Waals surface area (Å²) >= 11 is 1.50. The lowest BCUT2D eigenvalue weighted by molar-refractivity contribution is -0.134. The molecule has 9 heteroatoms. The molecule has 0 radical (unpaired) electrons. The molecule has 2 fully saturated rings. The molecule has 1 saturated heterocycles. The van der Waals surface area contributed by atoms with Gasteiger partial charge >= 0.3 is 0 Å². The highest BCUT2D eigenvalue weighted by Crippen LogP contribution is 2.33. The van der Waals surface area contributed by atoms with Crippen LogP contribution in [-0.2, 0) is 21.2 Å². The third kappa shape index (κ3) is 3.54. The van der Waals surface area contributed by atoms with Crippen LogP contribution in [0, 0.1) is 13.8 Å². The van der Waals surface area contributed by atoms with E-state index in [4.69, 9.17) is 0 Å². The maximum absolute atomic E-state index is 12.8. The van der Waals surface area contributed by atoms with E-state index in [0.717, 1.165) is 28.1 Å². The highest BCUT2D eigenvalue weighted by molar-refractivity contribution is 7.91. The number of thiophene rings is 1. The number of aromatic nitrogens is 2. The van der Waals surface area contributed by atoms with Gasteiger partial charge in [-0.2, -0.15) is 0 Å². The third-order valence-electron chi connectivity index (χ3n) is 5.55. The average Bonchev–Trinajstić information content (AvgIpc) is 3.30. The Bertz CT molecular complexity index is 1070. The molecule has 7 nitrogen and oxygen atoms in total. The smallest absolute Gasteiger partial charge is 0.262 e. The Labute approximate surface area is 161 Å². The van der Waals surface area contributed by atoms with Crippen LogP contribution in [0.5, 0.6) is 0 Å². The second-order valence-corrected chi connectivity index (χ2v) is 11.0. The number of carbonyl (C=O) groups is 1. The Hall–Kier alpha value is -1.74. The maximum Gasteiger partial charge on any atom is 0.262 e. The van der Waals surface area contributed by atoms with Crippen molar-refractivity contribution in [2.75, 3.05) is 11.5 Å². The van der Waals surface area contributed by atoms with Crippen LogP contribution in [-0.4, -0.2) is 52.4 Å². The van der Waals surface area contributed by atoms with Crippen molar-refractivity contribution in [3.05, 3.63) is 27.1 Å². The van der Waals surface area contributed by atoms with Gasteiger partial charge in [0.25, 0.3) is 5.56 Å². The molecule has 2 aromatic rings. The standard InChI is InChI=1S/C18H23N3O4S2/c1-11-12(2)26-17-16(11)18(23)20(10-19-17)7-5-15(22)21(13-3-4-13)14-6-8-27(24,25)9-14/h10,13-14H,3-9H2,1-2H3. The molecule has 1 saturated carbocycles. The summed E-state index contributed by atoms with van der Waals surface area (Å²) in [4.78, 5) is 33.5. The fraction of sp³-hybridized carbons (Fsp3) is 0.611. The Morgan fingerprint density at radius 3 is 2.67 bits per heavy atom. The molecule has 1 atom stereocenters. The Balaban J connectivity index is 1.51. The van der Waals surface area contributed by atoms with Crippen LogP contribution in [0.1, 0.15) is 36.1 Å². The Kier molecular flexibility index (Phi) is 4.62. The first-order chi connectivity index (χ1) is 12.8. The minimum Gasteiger partial charge on any atom is -0.336 e. The fourth-order valence-corrected chi connectivity index (χ4v) is 6.53. The van der Waals surface area contributed by atoms with Crippen LogP contribution in [0.25, 0.3) is 10.2 Å². The van der Waals surface area contributed by atoms with Crippen molar-refractivity contribution >= 4 is 37.3 Å². The minimum atomic E-state index is -3.04. The molecular formula is C18H23N3O4S2. The van der Waals surface area contributed by atoms with E-state index in [1.54, 1.807) is 4.90 Å². The predicted octanol–water partition coefficient (Wildman–Crippen LogP) is 1.64. The van der Waals surface area contributed by atoms with Crippen LogP contribution in [0.2, 0.25) is 0 Å². The van der Waals surface area contributed by atoms with Crippen molar-refractivity contribution in [1.82, 2.24) is 14.5 Å². The molecule has 3 heterocycles. The van der Waals surface area contributed by atoms with Crippen LogP contribution in [0.3, 0.4) is 0 Å². The summed E-state index contributed by atoms with van der Waals surface area (Å²) in [7, 11) is -3.04. The molecule has 0 N–H and O–H groups in total. The normalized spacial score (nSPS) is 21.6. The molecule has 2 aliphatic rings. The lowest BCUT2D eigenvalue weighted by Gasteiger charge is -2.28. The number of carbonyl (C=O) groups excluding carboxylic acids is 1. The third-order valence-corrected chi connectivity index (χ3v) is 8.42. The summed E-state index contributed by atoms with van der Waals surface area (Å²) < 4.78 is 25.1. The second kappa shape index (κ2) is 6.70. The fourth-order valence-electron chi connectivity index (χ4n) is 3.83. The van der Waals surface area contributed by atoms with Gasteiger partial charge in [-0.15, -0.1) is 11.3 Å². The number of hydrogen-bond donors (Lipinski definition) is 0. The van der Waals surface area contributed by atoms with Gasteiger partial charge in [0.05, 0.1) is 23.2 Å². The molecule has 0 aromatic carbocycles. The first kappa shape index (κ1) is 18.6. The van der Waals surface area contributed by atoms with E-state index in [0.29, 0.717) is 11.8 Å². The Morgan fingerprint density at radius 1 is 1.30 bits per heavy atom. The van der Waals surface area contributed by atoms with Crippen molar-refractivity contribution < 1.29 is 13.2 Å². The molecule has 2 aromatic heterocycles. The van der Waals surface area contributed by atoms with Gasteiger partial charge in [0.1, 0.15) is 4.83 Å². The molecule has 146 valence electrons. The van der Waals surface area contributed by atoms with Crippen molar-refractivity contribution in [2.45, 2.75) is 58.2 Å². The van der Waals surface area contributed by atoms with Gasteiger partial charge in [-0.25, -0.2) is 13.4 Å². The summed E-state index contributed by atoms with van der Waals surface area (Å²) in [5, 5.41) is 0.633. The zero-order valence-corrected chi connectivity index (χ0v) is 17.1. The second-order valence-electron chi connectivity index (χ2n) is 7.55. The van der Waals surface area contributed by atoms with Gasteiger partial charge in [-0.05, 0) is 38.7 Å². The zero-order chi connectivity index (χ0) is 19.3. The van der Waals surface area contributed by atoms with E-state index in [1.807, 2.05) is 13.8 Å². The predicted molar refractivity (Wildman–Crippen MR) is 105 cm³/mol. The first-order valence-electron chi connectivity index (χ1n) is 9.23. The summed E-state index contributed by atoms with van der Waals surface area (Å²) in [6, 6.07) is -0.0519. The molecule has 27 heavy (non-hydrogen) atoms. The summed E-state index contributed by atoms with van der Waals surface area (Å²) in [5.74, 6) is 0.158. The monoisotopic (exact) mass is 409 g/mol. The molecule has 0 bridgehead atoms. The topological polar surface area (TPSA) is 89.3 Å². The Morgan fingerprint density at radius 2 is 2.04 bits per heavy atom. The highest BCUT2D eigenvalue weighted by atomic mass is 32.2. The number of sulfone groups is 1. The lowest BCUT2D eigenvalue weighted by atomic mass is 10.2. The molecular weight excluding hydrogens is 386 g/mol.